The topological polar surface area (TPSA) is 83.6 Å². The Hall–Kier alpha value is -1.85. The van der Waals surface area contributed by atoms with E-state index in [0.29, 0.717) is 25.8 Å². The van der Waals surface area contributed by atoms with Gasteiger partial charge in [0.1, 0.15) is 11.8 Å². The molecule has 1 aromatic heterocycles. The number of aromatic nitrogens is 1. The molecule has 98 valence electrons. The average molecular weight is 252 g/mol. The number of carboxylic acid groups (broad SMARTS) is 1. The quantitative estimate of drug-likeness (QED) is 0.878. The van der Waals surface area contributed by atoms with Gasteiger partial charge in [0.05, 0.1) is 0 Å². The van der Waals surface area contributed by atoms with E-state index < -0.39 is 11.5 Å². The van der Waals surface area contributed by atoms with Crippen molar-refractivity contribution in [2.75, 3.05) is 6.54 Å². The minimum Gasteiger partial charge on any atom is -0.479 e. The Kier molecular flexibility index (Phi) is 3.36. The van der Waals surface area contributed by atoms with E-state index in [2.05, 4.69) is 9.68 Å². The van der Waals surface area contributed by atoms with Crippen molar-refractivity contribution in [1.82, 2.24) is 10.1 Å². The van der Waals surface area contributed by atoms with Crippen LogP contribution in [-0.2, 0) is 4.79 Å². The third-order valence-corrected chi connectivity index (χ3v) is 3.45. The van der Waals surface area contributed by atoms with Crippen LogP contribution in [0.2, 0.25) is 0 Å². The molecule has 6 nitrogen and oxygen atoms in total. The van der Waals surface area contributed by atoms with Crippen molar-refractivity contribution in [3.8, 4) is 0 Å². The molecule has 0 saturated carbocycles. The summed E-state index contributed by atoms with van der Waals surface area (Å²) in [6.45, 7) is 2.37. The van der Waals surface area contributed by atoms with Gasteiger partial charge in [-0.2, -0.15) is 0 Å². The SMILES string of the molecule is CCCC1(C(=O)O)CCCN1C(=O)c1ccon1. The molecule has 0 bridgehead atoms. The van der Waals surface area contributed by atoms with Gasteiger partial charge in [-0.1, -0.05) is 18.5 Å². The van der Waals surface area contributed by atoms with Crippen molar-refractivity contribution in [3.05, 3.63) is 18.0 Å². The van der Waals surface area contributed by atoms with Crippen LogP contribution in [0.5, 0.6) is 0 Å². The standard InChI is InChI=1S/C12H16N2O4/c1-2-5-12(11(16)17)6-3-7-14(12)10(15)9-4-8-18-13-9/h4,8H,2-3,5-7H2,1H3,(H,16,17). The van der Waals surface area contributed by atoms with E-state index in [1.807, 2.05) is 6.92 Å². The second-order valence-corrected chi connectivity index (χ2v) is 4.53. The van der Waals surface area contributed by atoms with Crippen molar-refractivity contribution in [3.63, 3.8) is 0 Å². The molecule has 1 aliphatic heterocycles. The molecule has 1 fully saturated rings. The van der Waals surface area contributed by atoms with Gasteiger partial charge in [-0.15, -0.1) is 0 Å². The maximum absolute atomic E-state index is 12.2. The molecule has 1 N–H and O–H groups in total. The summed E-state index contributed by atoms with van der Waals surface area (Å²) in [7, 11) is 0. The van der Waals surface area contributed by atoms with Crippen LogP contribution >= 0.6 is 0 Å². The smallest absolute Gasteiger partial charge is 0.329 e. The summed E-state index contributed by atoms with van der Waals surface area (Å²) in [5.74, 6) is -1.30. The second-order valence-electron chi connectivity index (χ2n) is 4.53. The first-order valence-electron chi connectivity index (χ1n) is 6.07. The summed E-state index contributed by atoms with van der Waals surface area (Å²) in [5.41, 5.74) is -0.913. The van der Waals surface area contributed by atoms with Gasteiger partial charge >= 0.3 is 5.97 Å². The Morgan fingerprint density at radius 3 is 2.94 bits per heavy atom. The largest absolute Gasteiger partial charge is 0.479 e. The first-order valence-corrected chi connectivity index (χ1v) is 6.07. The van der Waals surface area contributed by atoms with Crippen LogP contribution in [0.3, 0.4) is 0 Å². The lowest BCUT2D eigenvalue weighted by molar-refractivity contribution is -0.148. The van der Waals surface area contributed by atoms with Crippen molar-refractivity contribution in [2.45, 2.75) is 38.1 Å². The third-order valence-electron chi connectivity index (χ3n) is 3.45. The predicted molar refractivity (Wildman–Crippen MR) is 62.0 cm³/mol. The van der Waals surface area contributed by atoms with E-state index in [1.54, 1.807) is 0 Å². The van der Waals surface area contributed by atoms with Crippen LogP contribution in [0.1, 0.15) is 43.1 Å². The van der Waals surface area contributed by atoms with E-state index in [-0.39, 0.29) is 11.6 Å². The number of likely N-dealkylation sites (tertiary alicyclic amines) is 1. The first-order chi connectivity index (χ1) is 8.62. The van der Waals surface area contributed by atoms with Crippen LogP contribution in [0.15, 0.2) is 16.9 Å². The Bertz CT molecular complexity index is 443. The van der Waals surface area contributed by atoms with Crippen molar-refractivity contribution in [1.29, 1.82) is 0 Å². The fourth-order valence-corrected chi connectivity index (χ4v) is 2.64. The zero-order valence-corrected chi connectivity index (χ0v) is 10.3. The molecule has 1 saturated heterocycles. The van der Waals surface area contributed by atoms with Crippen molar-refractivity contribution in [2.24, 2.45) is 0 Å². The summed E-state index contributed by atoms with van der Waals surface area (Å²) >= 11 is 0. The Morgan fingerprint density at radius 2 is 2.39 bits per heavy atom. The van der Waals surface area contributed by atoms with Crippen LogP contribution in [0, 0.1) is 0 Å². The molecule has 0 spiro atoms. The summed E-state index contributed by atoms with van der Waals surface area (Å²) < 4.78 is 4.64. The number of aliphatic carboxylic acids is 1. The molecule has 2 rings (SSSR count). The molecule has 1 amide bonds. The molecule has 1 aliphatic rings. The monoisotopic (exact) mass is 252 g/mol. The molecule has 6 heteroatoms. The Labute approximate surface area is 105 Å². The van der Waals surface area contributed by atoms with Gasteiger partial charge in [-0.05, 0) is 19.3 Å². The molecule has 0 radical (unpaired) electrons. The van der Waals surface area contributed by atoms with Gasteiger partial charge < -0.3 is 14.5 Å². The predicted octanol–water partition coefficient (Wildman–Crippen LogP) is 1.53. The number of carboxylic acids is 1. The summed E-state index contributed by atoms with van der Waals surface area (Å²) in [6.07, 6.45) is 3.70. The van der Waals surface area contributed by atoms with Gasteiger partial charge in [-0.3, -0.25) is 4.79 Å². The van der Waals surface area contributed by atoms with Crippen LogP contribution in [-0.4, -0.2) is 39.1 Å². The fraction of sp³-hybridized carbons (Fsp3) is 0.583. The summed E-state index contributed by atoms with van der Waals surface area (Å²) in [5, 5.41) is 13.1. The normalized spacial score (nSPS) is 23.3. The van der Waals surface area contributed by atoms with Gasteiger partial charge in [0, 0.05) is 12.6 Å². The Morgan fingerprint density at radius 1 is 1.61 bits per heavy atom. The maximum Gasteiger partial charge on any atom is 0.329 e. The molecule has 1 atom stereocenters. The number of carbonyl (C=O) groups excluding carboxylic acids is 1. The van der Waals surface area contributed by atoms with Crippen LogP contribution in [0.25, 0.3) is 0 Å². The highest BCUT2D eigenvalue weighted by Gasteiger charge is 2.49. The molecule has 1 aromatic rings. The molecular formula is C12H16N2O4. The van der Waals surface area contributed by atoms with E-state index in [9.17, 15) is 14.7 Å². The van der Waals surface area contributed by atoms with Gasteiger partial charge in [0.2, 0.25) is 0 Å². The van der Waals surface area contributed by atoms with E-state index >= 15 is 0 Å². The zero-order valence-electron chi connectivity index (χ0n) is 10.3. The van der Waals surface area contributed by atoms with Gasteiger partial charge in [0.25, 0.3) is 5.91 Å². The molecule has 0 aromatic carbocycles. The number of hydrogen-bond donors (Lipinski definition) is 1. The lowest BCUT2D eigenvalue weighted by atomic mass is 9.90. The number of carbonyl (C=O) groups is 2. The van der Waals surface area contributed by atoms with E-state index in [0.717, 1.165) is 6.42 Å². The highest BCUT2D eigenvalue weighted by atomic mass is 16.5. The second kappa shape index (κ2) is 4.80. The minimum absolute atomic E-state index is 0.165. The first kappa shape index (κ1) is 12.6. The van der Waals surface area contributed by atoms with Crippen LogP contribution < -0.4 is 0 Å². The molecular weight excluding hydrogens is 236 g/mol. The molecule has 0 aliphatic carbocycles. The number of hydrogen-bond acceptors (Lipinski definition) is 4. The molecule has 2 heterocycles. The van der Waals surface area contributed by atoms with E-state index in [4.69, 9.17) is 0 Å². The number of amides is 1. The van der Waals surface area contributed by atoms with Crippen LogP contribution in [0.4, 0.5) is 0 Å². The lowest BCUT2D eigenvalue weighted by Crippen LogP contribution is -2.53. The molecule has 18 heavy (non-hydrogen) atoms. The van der Waals surface area contributed by atoms with Crippen molar-refractivity contribution < 1.29 is 19.2 Å². The van der Waals surface area contributed by atoms with Gasteiger partial charge in [0.15, 0.2) is 5.69 Å². The number of rotatable bonds is 4. The molecule has 1 unspecified atom stereocenters. The highest BCUT2D eigenvalue weighted by Crippen LogP contribution is 2.35. The van der Waals surface area contributed by atoms with Crippen molar-refractivity contribution >= 4 is 11.9 Å². The maximum atomic E-state index is 12.2. The van der Waals surface area contributed by atoms with Gasteiger partial charge in [-0.25, -0.2) is 4.79 Å². The summed E-state index contributed by atoms with van der Waals surface area (Å²) in [6, 6.07) is 1.46. The highest BCUT2D eigenvalue weighted by molar-refractivity contribution is 5.96. The minimum atomic E-state index is -1.08. The Balaban J connectivity index is 2.30. The zero-order chi connectivity index (χ0) is 13.2. The van der Waals surface area contributed by atoms with E-state index in [1.165, 1.54) is 17.2 Å². The fourth-order valence-electron chi connectivity index (χ4n) is 2.64. The average Bonchev–Trinajstić information content (AvgIpc) is 2.98. The lowest BCUT2D eigenvalue weighted by Gasteiger charge is -2.34. The number of nitrogens with zero attached hydrogens (tertiary/aromatic N) is 2. The summed E-state index contributed by atoms with van der Waals surface area (Å²) in [4.78, 5) is 25.2. The third kappa shape index (κ3) is 1.87.